The second kappa shape index (κ2) is 6.83. The highest BCUT2D eigenvalue weighted by Crippen LogP contribution is 2.12. The minimum atomic E-state index is 0.329. The van der Waals surface area contributed by atoms with Crippen LogP contribution in [0.25, 0.3) is 0 Å². The molecule has 1 fully saturated rings. The zero-order valence-corrected chi connectivity index (χ0v) is 12.0. The summed E-state index contributed by atoms with van der Waals surface area (Å²) in [7, 11) is 0. The van der Waals surface area contributed by atoms with E-state index in [4.69, 9.17) is 0 Å². The van der Waals surface area contributed by atoms with E-state index in [-0.39, 0.29) is 0 Å². The molecule has 0 saturated carbocycles. The van der Waals surface area contributed by atoms with Crippen molar-refractivity contribution in [3.63, 3.8) is 0 Å². The Labute approximate surface area is 116 Å². The number of carbonyl (C=O) groups is 1. The van der Waals surface area contributed by atoms with Gasteiger partial charge in [0.1, 0.15) is 0 Å². The van der Waals surface area contributed by atoms with Crippen molar-refractivity contribution in [3.05, 3.63) is 34.9 Å². The highest BCUT2D eigenvalue weighted by molar-refractivity contribution is 5.83. The maximum Gasteiger partial charge on any atom is 0.151 e. The van der Waals surface area contributed by atoms with Crippen molar-refractivity contribution in [2.24, 2.45) is 0 Å². The first kappa shape index (κ1) is 14.2. The normalized spacial score (nSPS) is 17.2. The average molecular weight is 260 g/mol. The van der Waals surface area contributed by atoms with E-state index in [1.54, 1.807) is 0 Å². The fourth-order valence-corrected chi connectivity index (χ4v) is 2.57. The Morgan fingerprint density at radius 3 is 2.95 bits per heavy atom. The van der Waals surface area contributed by atoms with Gasteiger partial charge in [-0.15, -0.1) is 0 Å². The summed E-state index contributed by atoms with van der Waals surface area (Å²) in [4.78, 5) is 14.5. The minimum absolute atomic E-state index is 0.329. The van der Waals surface area contributed by atoms with Crippen LogP contribution in [-0.2, 0) is 11.2 Å². The molecule has 3 heteroatoms. The molecule has 0 aliphatic carbocycles. The molecular weight excluding hydrogens is 236 g/mol. The molecular formula is C16H24N2O. The molecule has 104 valence electrons. The Balaban J connectivity index is 1.91. The summed E-state index contributed by atoms with van der Waals surface area (Å²) in [5.74, 6) is 0.329. The van der Waals surface area contributed by atoms with Crippen LogP contribution in [0.2, 0.25) is 0 Å². The lowest BCUT2D eigenvalue weighted by Gasteiger charge is -2.18. The first-order chi connectivity index (χ1) is 9.15. The molecule has 1 aliphatic rings. The molecule has 19 heavy (non-hydrogen) atoms. The number of ketones is 1. The zero-order chi connectivity index (χ0) is 13.7. The predicted octanol–water partition coefficient (Wildman–Crippen LogP) is 1.71. The topological polar surface area (TPSA) is 32.3 Å². The number of hydrogen-bond donors (Lipinski definition) is 1. The highest BCUT2D eigenvalue weighted by Gasteiger charge is 2.13. The van der Waals surface area contributed by atoms with Crippen LogP contribution in [-0.4, -0.2) is 43.4 Å². The number of nitrogens with one attached hydrogen (secondary N) is 1. The maximum atomic E-state index is 12.2. The van der Waals surface area contributed by atoms with Gasteiger partial charge in [-0.05, 0) is 44.5 Å². The molecule has 1 saturated heterocycles. The van der Waals surface area contributed by atoms with Crippen LogP contribution in [0.5, 0.6) is 0 Å². The molecule has 1 N–H and O–H groups in total. The number of benzene rings is 1. The minimum Gasteiger partial charge on any atom is -0.315 e. The molecule has 0 spiro atoms. The summed E-state index contributed by atoms with van der Waals surface area (Å²) in [6.45, 7) is 8.84. The van der Waals surface area contributed by atoms with E-state index in [0.717, 1.165) is 32.6 Å². The van der Waals surface area contributed by atoms with E-state index in [0.29, 0.717) is 18.7 Å². The Morgan fingerprint density at radius 1 is 1.26 bits per heavy atom. The molecule has 3 nitrogen and oxygen atoms in total. The Bertz CT molecular complexity index is 434. The van der Waals surface area contributed by atoms with Crippen molar-refractivity contribution in [2.45, 2.75) is 26.7 Å². The van der Waals surface area contributed by atoms with Gasteiger partial charge in [0, 0.05) is 19.5 Å². The quantitative estimate of drug-likeness (QED) is 0.894. The van der Waals surface area contributed by atoms with Crippen LogP contribution in [0.1, 0.15) is 23.1 Å². The predicted molar refractivity (Wildman–Crippen MR) is 78.6 cm³/mol. The molecule has 0 unspecified atom stereocenters. The molecule has 2 rings (SSSR count). The number of carbonyl (C=O) groups excluding carboxylic acids is 1. The third kappa shape index (κ3) is 4.44. The lowest BCUT2D eigenvalue weighted by atomic mass is 10.0. The Morgan fingerprint density at radius 2 is 2.11 bits per heavy atom. The molecule has 0 atom stereocenters. The molecule has 0 amide bonds. The van der Waals surface area contributed by atoms with Crippen molar-refractivity contribution >= 4 is 5.78 Å². The first-order valence-corrected chi connectivity index (χ1v) is 7.16. The lowest BCUT2D eigenvalue weighted by Crippen LogP contribution is -2.33. The maximum absolute atomic E-state index is 12.2. The van der Waals surface area contributed by atoms with Crippen LogP contribution in [0, 0.1) is 13.8 Å². The van der Waals surface area contributed by atoms with Crippen LogP contribution in [0.4, 0.5) is 0 Å². The number of aryl methyl sites for hydroxylation is 2. The standard InChI is InChI=1S/C16H24N2O/c1-13-4-5-14(2)15(10-13)11-16(19)12-18-8-3-6-17-7-9-18/h4-5,10,17H,3,6-9,11-12H2,1-2H3. The van der Waals surface area contributed by atoms with Gasteiger partial charge in [-0.25, -0.2) is 0 Å². The van der Waals surface area contributed by atoms with E-state index < -0.39 is 0 Å². The van der Waals surface area contributed by atoms with Crippen LogP contribution < -0.4 is 5.32 Å². The first-order valence-electron chi connectivity index (χ1n) is 7.16. The van der Waals surface area contributed by atoms with Gasteiger partial charge in [0.25, 0.3) is 0 Å². The molecule has 1 aromatic carbocycles. The molecule has 0 aromatic heterocycles. The molecule has 1 heterocycles. The summed E-state index contributed by atoms with van der Waals surface area (Å²) in [5.41, 5.74) is 3.63. The summed E-state index contributed by atoms with van der Waals surface area (Å²) in [6, 6.07) is 6.34. The third-order valence-electron chi connectivity index (χ3n) is 3.72. The van der Waals surface area contributed by atoms with Gasteiger partial charge < -0.3 is 5.32 Å². The van der Waals surface area contributed by atoms with Crippen molar-refractivity contribution in [2.75, 3.05) is 32.7 Å². The van der Waals surface area contributed by atoms with E-state index in [2.05, 4.69) is 42.3 Å². The van der Waals surface area contributed by atoms with E-state index >= 15 is 0 Å². The number of Topliss-reactive ketones (excluding diaryl/α,β-unsaturated/α-hetero) is 1. The lowest BCUT2D eigenvalue weighted by molar-refractivity contribution is -0.119. The van der Waals surface area contributed by atoms with E-state index in [9.17, 15) is 4.79 Å². The van der Waals surface area contributed by atoms with E-state index in [1.165, 1.54) is 16.7 Å². The van der Waals surface area contributed by atoms with Crippen molar-refractivity contribution in [1.82, 2.24) is 10.2 Å². The number of rotatable bonds is 4. The Kier molecular flexibility index (Phi) is 5.11. The average Bonchev–Trinajstić information content (AvgIpc) is 2.62. The molecule has 0 radical (unpaired) electrons. The smallest absolute Gasteiger partial charge is 0.151 e. The monoisotopic (exact) mass is 260 g/mol. The van der Waals surface area contributed by atoms with Crippen LogP contribution >= 0.6 is 0 Å². The summed E-state index contributed by atoms with van der Waals surface area (Å²) >= 11 is 0. The van der Waals surface area contributed by atoms with Crippen LogP contribution in [0.15, 0.2) is 18.2 Å². The fourth-order valence-electron chi connectivity index (χ4n) is 2.57. The largest absolute Gasteiger partial charge is 0.315 e. The zero-order valence-electron chi connectivity index (χ0n) is 12.0. The van der Waals surface area contributed by atoms with Crippen LogP contribution in [0.3, 0.4) is 0 Å². The SMILES string of the molecule is Cc1ccc(C)c(CC(=O)CN2CCCNCC2)c1. The number of hydrogen-bond acceptors (Lipinski definition) is 3. The summed E-state index contributed by atoms with van der Waals surface area (Å²) in [6.07, 6.45) is 1.70. The highest BCUT2D eigenvalue weighted by atomic mass is 16.1. The number of nitrogens with zero attached hydrogens (tertiary/aromatic N) is 1. The van der Waals surface area contributed by atoms with Gasteiger partial charge in [-0.3, -0.25) is 9.69 Å². The van der Waals surface area contributed by atoms with Gasteiger partial charge >= 0.3 is 0 Å². The van der Waals surface area contributed by atoms with Gasteiger partial charge in [-0.1, -0.05) is 23.8 Å². The van der Waals surface area contributed by atoms with Crippen molar-refractivity contribution in [3.8, 4) is 0 Å². The molecule has 1 aromatic rings. The Hall–Kier alpha value is -1.19. The van der Waals surface area contributed by atoms with Gasteiger partial charge in [0.15, 0.2) is 5.78 Å². The van der Waals surface area contributed by atoms with Crippen molar-refractivity contribution in [1.29, 1.82) is 0 Å². The van der Waals surface area contributed by atoms with Crippen molar-refractivity contribution < 1.29 is 4.79 Å². The second-order valence-electron chi connectivity index (χ2n) is 5.53. The van der Waals surface area contributed by atoms with Gasteiger partial charge in [-0.2, -0.15) is 0 Å². The second-order valence-corrected chi connectivity index (χ2v) is 5.53. The van der Waals surface area contributed by atoms with Gasteiger partial charge in [0.2, 0.25) is 0 Å². The molecule has 1 aliphatic heterocycles. The third-order valence-corrected chi connectivity index (χ3v) is 3.72. The summed E-state index contributed by atoms with van der Waals surface area (Å²) < 4.78 is 0. The fraction of sp³-hybridized carbons (Fsp3) is 0.562. The summed E-state index contributed by atoms with van der Waals surface area (Å²) in [5, 5.41) is 3.36. The molecule has 0 bridgehead atoms. The van der Waals surface area contributed by atoms with E-state index in [1.807, 2.05) is 0 Å². The van der Waals surface area contributed by atoms with Gasteiger partial charge in [0.05, 0.1) is 6.54 Å².